The number of aliphatic hydroxyl groups excluding tert-OH is 1. The van der Waals surface area contributed by atoms with Gasteiger partial charge in [0.25, 0.3) is 7.82 Å². The number of hydrogen-bond donors (Lipinski definition) is 2. The summed E-state index contributed by atoms with van der Waals surface area (Å²) in [5.74, 6) is -0.266. The van der Waals surface area contributed by atoms with Crippen molar-refractivity contribution in [1.29, 1.82) is 0 Å². The number of rotatable bonds is 45. The number of aliphatic hydroxyl groups is 1. The molecule has 0 radical (unpaired) electrons. The molecular weight excluding hydrogens is 804 g/mol. The van der Waals surface area contributed by atoms with Gasteiger partial charge in [-0.25, -0.2) is 0 Å². The van der Waals surface area contributed by atoms with E-state index < -0.39 is 26.6 Å². The van der Waals surface area contributed by atoms with Gasteiger partial charge in [-0.1, -0.05) is 208 Å². The van der Waals surface area contributed by atoms with Gasteiger partial charge >= 0.3 is 0 Å². The second-order valence-corrected chi connectivity index (χ2v) is 19.5. The maximum absolute atomic E-state index is 12.9. The Bertz CT molecular complexity index is 1300. The zero-order valence-corrected chi connectivity index (χ0v) is 42.1. The number of quaternary nitrogens is 1. The lowest BCUT2D eigenvalue weighted by molar-refractivity contribution is -0.870. The second-order valence-electron chi connectivity index (χ2n) is 18.1. The van der Waals surface area contributed by atoms with Gasteiger partial charge in [-0.05, 0) is 70.6 Å². The Morgan fingerprint density at radius 3 is 1.48 bits per heavy atom. The molecule has 364 valence electrons. The first-order valence-electron chi connectivity index (χ1n) is 25.4. The molecule has 8 nitrogen and oxygen atoms in total. The van der Waals surface area contributed by atoms with E-state index in [-0.39, 0.29) is 18.9 Å². The summed E-state index contributed by atoms with van der Waals surface area (Å²) in [6.07, 6.45) is 62.3. The van der Waals surface area contributed by atoms with E-state index in [1.54, 1.807) is 6.08 Å². The molecule has 0 spiro atoms. The summed E-state index contributed by atoms with van der Waals surface area (Å²) in [5.41, 5.74) is 0. The molecule has 1 amide bonds. The van der Waals surface area contributed by atoms with E-state index in [0.717, 1.165) is 57.8 Å². The van der Waals surface area contributed by atoms with Crippen molar-refractivity contribution >= 4 is 13.7 Å². The molecule has 3 unspecified atom stereocenters. The molecule has 0 aromatic carbocycles. The van der Waals surface area contributed by atoms with Crippen LogP contribution in [0.25, 0.3) is 0 Å². The molecule has 0 aliphatic heterocycles. The Morgan fingerprint density at radius 1 is 0.571 bits per heavy atom. The highest BCUT2D eigenvalue weighted by Crippen LogP contribution is 2.38. The number of nitrogens with one attached hydrogen (secondary N) is 1. The lowest BCUT2D eigenvalue weighted by Gasteiger charge is -2.29. The van der Waals surface area contributed by atoms with Gasteiger partial charge in [0, 0.05) is 6.42 Å². The first-order valence-corrected chi connectivity index (χ1v) is 26.9. The van der Waals surface area contributed by atoms with Crippen LogP contribution in [0.4, 0.5) is 0 Å². The Labute approximate surface area is 388 Å². The molecule has 0 aromatic heterocycles. The Morgan fingerprint density at radius 2 is 0.984 bits per heavy atom. The van der Waals surface area contributed by atoms with E-state index in [2.05, 4.69) is 92.1 Å². The number of unbranched alkanes of at least 4 members (excludes halogenated alkanes) is 20. The van der Waals surface area contributed by atoms with Crippen molar-refractivity contribution in [1.82, 2.24) is 5.32 Å². The van der Waals surface area contributed by atoms with Crippen LogP contribution < -0.4 is 10.2 Å². The van der Waals surface area contributed by atoms with Gasteiger partial charge in [-0.15, -0.1) is 0 Å². The molecule has 63 heavy (non-hydrogen) atoms. The predicted octanol–water partition coefficient (Wildman–Crippen LogP) is 14.3. The van der Waals surface area contributed by atoms with Crippen molar-refractivity contribution < 1.29 is 32.9 Å². The van der Waals surface area contributed by atoms with E-state index in [4.69, 9.17) is 9.05 Å². The Balaban J connectivity index is 4.43. The molecule has 0 aliphatic carbocycles. The third-order valence-electron chi connectivity index (χ3n) is 10.8. The van der Waals surface area contributed by atoms with Crippen molar-refractivity contribution in [3.8, 4) is 0 Å². The molecular formula is C54H97N2O6P. The zero-order valence-electron chi connectivity index (χ0n) is 41.2. The number of nitrogens with zero attached hydrogens (tertiary/aromatic N) is 1. The van der Waals surface area contributed by atoms with Crippen LogP contribution in [0.1, 0.15) is 200 Å². The molecule has 0 fully saturated rings. The third-order valence-corrected chi connectivity index (χ3v) is 11.8. The molecule has 0 saturated heterocycles. The van der Waals surface area contributed by atoms with Crippen LogP contribution in [-0.4, -0.2) is 68.5 Å². The molecule has 0 heterocycles. The van der Waals surface area contributed by atoms with Gasteiger partial charge in [-0.3, -0.25) is 9.36 Å². The lowest BCUT2D eigenvalue weighted by atomic mass is 10.0. The summed E-state index contributed by atoms with van der Waals surface area (Å²) < 4.78 is 23.2. The summed E-state index contributed by atoms with van der Waals surface area (Å²) in [6.45, 7) is 4.46. The summed E-state index contributed by atoms with van der Waals surface area (Å²) in [4.78, 5) is 25.4. The van der Waals surface area contributed by atoms with Crippen LogP contribution in [0.15, 0.2) is 85.1 Å². The van der Waals surface area contributed by atoms with E-state index in [1.807, 2.05) is 27.2 Å². The van der Waals surface area contributed by atoms with Crippen LogP contribution in [0.5, 0.6) is 0 Å². The number of allylic oxidation sites excluding steroid dienone is 13. The molecule has 0 saturated carbocycles. The number of phosphoric ester groups is 1. The maximum Gasteiger partial charge on any atom is 0.268 e. The van der Waals surface area contributed by atoms with Crippen molar-refractivity contribution in [3.63, 3.8) is 0 Å². The highest BCUT2D eigenvalue weighted by molar-refractivity contribution is 7.45. The number of hydrogen-bond acceptors (Lipinski definition) is 6. The van der Waals surface area contributed by atoms with Gasteiger partial charge in [0.05, 0.1) is 39.9 Å². The normalized spacial score (nSPS) is 14.8. The molecule has 3 atom stereocenters. The Kier molecular flexibility index (Phi) is 43.2. The molecule has 9 heteroatoms. The smallest absolute Gasteiger partial charge is 0.268 e. The minimum atomic E-state index is -4.62. The highest BCUT2D eigenvalue weighted by atomic mass is 31.2. The summed E-state index contributed by atoms with van der Waals surface area (Å²) in [6, 6.07) is -0.938. The average molecular weight is 901 g/mol. The van der Waals surface area contributed by atoms with Crippen LogP contribution in [-0.2, 0) is 18.4 Å². The largest absolute Gasteiger partial charge is 0.756 e. The summed E-state index contributed by atoms with van der Waals surface area (Å²) in [5, 5.41) is 13.8. The Hall–Kier alpha value is -2.32. The van der Waals surface area contributed by atoms with Crippen molar-refractivity contribution in [2.24, 2.45) is 0 Å². The lowest BCUT2D eigenvalue weighted by Crippen LogP contribution is -2.45. The number of carbonyl (C=O) groups is 1. The van der Waals surface area contributed by atoms with Gasteiger partial charge in [0.1, 0.15) is 13.2 Å². The van der Waals surface area contributed by atoms with E-state index in [1.165, 1.54) is 116 Å². The fraction of sp³-hybridized carbons (Fsp3) is 0.722. The topological polar surface area (TPSA) is 108 Å². The second kappa shape index (κ2) is 44.9. The van der Waals surface area contributed by atoms with Crippen molar-refractivity contribution in [2.75, 3.05) is 40.9 Å². The van der Waals surface area contributed by atoms with Crippen LogP contribution >= 0.6 is 7.82 Å². The zero-order chi connectivity index (χ0) is 46.4. The SMILES string of the molecule is CC/C=C\C/C=C\C/C=C\C/C=C\C/C=C\CCCC(=O)NC(COP(=O)([O-])OCC[N+](C)(C)C)C(O)/C=C/CC/C=C/CCCCCCCCCCCCCCCCCCCC. The fourth-order valence-corrected chi connectivity index (χ4v) is 7.57. The maximum atomic E-state index is 12.9. The minimum Gasteiger partial charge on any atom is -0.756 e. The molecule has 2 N–H and O–H groups in total. The number of amides is 1. The van der Waals surface area contributed by atoms with E-state index >= 15 is 0 Å². The van der Waals surface area contributed by atoms with Crippen LogP contribution in [0, 0.1) is 0 Å². The summed E-state index contributed by atoms with van der Waals surface area (Å²) in [7, 11) is 1.20. The molecule has 0 rings (SSSR count). The van der Waals surface area contributed by atoms with Crippen molar-refractivity contribution in [2.45, 2.75) is 212 Å². The van der Waals surface area contributed by atoms with Crippen LogP contribution in [0.2, 0.25) is 0 Å². The monoisotopic (exact) mass is 901 g/mol. The number of likely N-dealkylation sites (N-methyl/N-ethyl adjacent to an activating group) is 1. The molecule has 0 bridgehead atoms. The van der Waals surface area contributed by atoms with Gasteiger partial charge in [-0.2, -0.15) is 0 Å². The molecule has 0 aliphatic rings. The number of phosphoric acid groups is 1. The third kappa shape index (κ3) is 47.5. The first kappa shape index (κ1) is 60.7. The van der Waals surface area contributed by atoms with Crippen LogP contribution in [0.3, 0.4) is 0 Å². The standard InChI is InChI=1S/C54H97N2O6P/c1-6-8-10-12-14-16-18-20-22-24-25-26-27-28-29-30-32-33-35-37-39-41-43-45-47-53(57)52(51-62-63(59,60)61-50-49-56(3,4)5)55-54(58)48-46-44-42-40-38-36-34-31-23-21-19-17-15-13-11-9-7-2/h9,11,15,17,21,23,34,36-37,39-40,42,45,47,52-53,57H,6-8,10,12-14,16,18-20,22,24-33,35,38,41,43-44,46,48-51H2,1-5H3,(H-,55,58,59,60)/b11-9-,17-15-,23-21-,36-34-,39-37+,42-40-,47-45+. The van der Waals surface area contributed by atoms with Gasteiger partial charge in [0.2, 0.25) is 5.91 Å². The number of carbonyl (C=O) groups excluding carboxylic acids is 1. The quantitative estimate of drug-likeness (QED) is 0.0273. The summed E-state index contributed by atoms with van der Waals surface area (Å²) >= 11 is 0. The first-order chi connectivity index (χ1) is 30.5. The minimum absolute atomic E-state index is 0.0212. The molecule has 0 aromatic rings. The average Bonchev–Trinajstić information content (AvgIpc) is 3.24. The predicted molar refractivity (Wildman–Crippen MR) is 270 cm³/mol. The van der Waals surface area contributed by atoms with Crippen molar-refractivity contribution in [3.05, 3.63) is 85.1 Å². The van der Waals surface area contributed by atoms with E-state index in [0.29, 0.717) is 17.4 Å². The fourth-order valence-electron chi connectivity index (χ4n) is 6.85. The highest BCUT2D eigenvalue weighted by Gasteiger charge is 2.23. The van der Waals surface area contributed by atoms with Gasteiger partial charge < -0.3 is 28.8 Å². The van der Waals surface area contributed by atoms with Gasteiger partial charge in [0.15, 0.2) is 0 Å². The van der Waals surface area contributed by atoms with E-state index in [9.17, 15) is 19.4 Å².